The molecule has 0 unspecified atom stereocenters. The van der Waals surface area contributed by atoms with Crippen molar-refractivity contribution in [2.45, 2.75) is 27.2 Å². The van der Waals surface area contributed by atoms with E-state index in [1.807, 2.05) is 24.3 Å². The Labute approximate surface area is 183 Å². The maximum atomic E-state index is 12.8. The number of ether oxygens (including phenoxy) is 1. The van der Waals surface area contributed by atoms with Gasteiger partial charge in [-0.2, -0.15) is 0 Å². The van der Waals surface area contributed by atoms with E-state index in [0.717, 1.165) is 12.0 Å². The fraction of sp³-hybridized carbons (Fsp3) is 0.217. The van der Waals surface area contributed by atoms with Crippen LogP contribution in [0, 0.1) is 17.0 Å². The number of nitro groups is 1. The van der Waals surface area contributed by atoms with Gasteiger partial charge in [-0.25, -0.2) is 4.79 Å². The number of thiophene rings is 1. The van der Waals surface area contributed by atoms with Crippen molar-refractivity contribution < 1.29 is 19.2 Å². The maximum absolute atomic E-state index is 12.8. The number of aryl methyl sites for hydroxylation is 2. The smallest absolute Gasteiger partial charge is 0.341 e. The van der Waals surface area contributed by atoms with Gasteiger partial charge in [0.25, 0.3) is 11.6 Å². The molecule has 0 aliphatic rings. The fourth-order valence-electron chi connectivity index (χ4n) is 3.11. The lowest BCUT2D eigenvalue weighted by Gasteiger charge is -2.09. The SMILES string of the molecule is CCOC(=O)c1c(-c2ccc(CC)cc2)csc1NC(=O)c1ccc(C)c([N+](=O)[O-])c1. The molecule has 7 nitrogen and oxygen atoms in total. The van der Waals surface area contributed by atoms with E-state index in [1.165, 1.54) is 35.1 Å². The van der Waals surface area contributed by atoms with E-state index in [1.54, 1.807) is 19.2 Å². The predicted octanol–water partition coefficient (Wildman–Crippen LogP) is 5.62. The number of anilines is 1. The lowest BCUT2D eigenvalue weighted by Crippen LogP contribution is -2.15. The van der Waals surface area contributed by atoms with Gasteiger partial charge in [0.1, 0.15) is 10.6 Å². The van der Waals surface area contributed by atoms with Crippen LogP contribution in [0.25, 0.3) is 11.1 Å². The van der Waals surface area contributed by atoms with Crippen molar-refractivity contribution in [3.05, 3.63) is 80.2 Å². The topological polar surface area (TPSA) is 98.5 Å². The van der Waals surface area contributed by atoms with Gasteiger partial charge in [-0.1, -0.05) is 37.3 Å². The van der Waals surface area contributed by atoms with Crippen LogP contribution in [0.5, 0.6) is 0 Å². The zero-order chi connectivity index (χ0) is 22.5. The third-order valence-corrected chi connectivity index (χ3v) is 5.73. The van der Waals surface area contributed by atoms with Gasteiger partial charge in [-0.05, 0) is 37.5 Å². The molecular formula is C23H22N2O5S. The number of hydrogen-bond acceptors (Lipinski definition) is 6. The molecule has 160 valence electrons. The third kappa shape index (κ3) is 4.80. The average molecular weight is 439 g/mol. The number of hydrogen-bond donors (Lipinski definition) is 1. The Morgan fingerprint density at radius 3 is 2.45 bits per heavy atom. The number of nitrogens with zero attached hydrogens (tertiary/aromatic N) is 1. The number of benzene rings is 2. The van der Waals surface area contributed by atoms with Crippen molar-refractivity contribution in [1.82, 2.24) is 0 Å². The number of carbonyl (C=O) groups is 2. The zero-order valence-corrected chi connectivity index (χ0v) is 18.2. The second kappa shape index (κ2) is 9.53. The molecule has 0 radical (unpaired) electrons. The Morgan fingerprint density at radius 1 is 1.13 bits per heavy atom. The van der Waals surface area contributed by atoms with Gasteiger partial charge < -0.3 is 10.1 Å². The molecule has 0 saturated carbocycles. The molecule has 0 aliphatic heterocycles. The summed E-state index contributed by atoms with van der Waals surface area (Å²) in [4.78, 5) is 36.1. The lowest BCUT2D eigenvalue weighted by atomic mass is 10.0. The van der Waals surface area contributed by atoms with E-state index in [9.17, 15) is 19.7 Å². The molecule has 1 amide bonds. The summed E-state index contributed by atoms with van der Waals surface area (Å²) in [6, 6.07) is 12.1. The molecule has 31 heavy (non-hydrogen) atoms. The summed E-state index contributed by atoms with van der Waals surface area (Å²) < 4.78 is 5.21. The molecule has 0 spiro atoms. The van der Waals surface area contributed by atoms with Crippen molar-refractivity contribution >= 4 is 33.9 Å². The summed E-state index contributed by atoms with van der Waals surface area (Å²) in [5.41, 5.74) is 3.40. The summed E-state index contributed by atoms with van der Waals surface area (Å²) >= 11 is 1.21. The molecule has 0 saturated heterocycles. The van der Waals surface area contributed by atoms with Crippen LogP contribution >= 0.6 is 11.3 Å². The monoisotopic (exact) mass is 438 g/mol. The highest BCUT2D eigenvalue weighted by Crippen LogP contribution is 2.37. The second-order valence-electron chi connectivity index (χ2n) is 6.84. The summed E-state index contributed by atoms with van der Waals surface area (Å²) in [6.07, 6.45) is 0.901. The van der Waals surface area contributed by atoms with E-state index in [0.29, 0.717) is 16.1 Å². The van der Waals surface area contributed by atoms with E-state index >= 15 is 0 Å². The van der Waals surface area contributed by atoms with Gasteiger partial charge in [-0.3, -0.25) is 14.9 Å². The van der Waals surface area contributed by atoms with Gasteiger partial charge in [0.15, 0.2) is 0 Å². The van der Waals surface area contributed by atoms with Gasteiger partial charge in [0, 0.05) is 28.1 Å². The Balaban J connectivity index is 1.98. The van der Waals surface area contributed by atoms with Crippen LogP contribution < -0.4 is 5.32 Å². The van der Waals surface area contributed by atoms with E-state index in [4.69, 9.17) is 4.74 Å². The summed E-state index contributed by atoms with van der Waals surface area (Å²) in [7, 11) is 0. The molecular weight excluding hydrogens is 416 g/mol. The maximum Gasteiger partial charge on any atom is 0.341 e. The Morgan fingerprint density at radius 2 is 1.84 bits per heavy atom. The predicted molar refractivity (Wildman–Crippen MR) is 121 cm³/mol. The molecule has 1 aromatic heterocycles. The van der Waals surface area contributed by atoms with Crippen LogP contribution in [0.3, 0.4) is 0 Å². The Hall–Kier alpha value is -3.52. The van der Waals surface area contributed by atoms with E-state index in [-0.39, 0.29) is 23.4 Å². The number of nitro benzene ring substituents is 1. The van der Waals surface area contributed by atoms with Crippen molar-refractivity contribution in [3.63, 3.8) is 0 Å². The highest BCUT2D eigenvalue weighted by atomic mass is 32.1. The fourth-order valence-corrected chi connectivity index (χ4v) is 4.06. The van der Waals surface area contributed by atoms with Crippen LogP contribution in [0.2, 0.25) is 0 Å². The van der Waals surface area contributed by atoms with Crippen LogP contribution in [0.1, 0.15) is 45.7 Å². The van der Waals surface area contributed by atoms with Crippen LogP contribution in [0.4, 0.5) is 10.7 Å². The standard InChI is InChI=1S/C23H22N2O5S/c1-4-15-7-10-16(11-8-15)18-13-31-22(20(18)23(27)30-5-2)24-21(26)17-9-6-14(3)19(12-17)25(28)29/h6-13H,4-5H2,1-3H3,(H,24,26). The molecule has 3 aromatic rings. The number of esters is 1. The van der Waals surface area contributed by atoms with Gasteiger partial charge in [-0.15, -0.1) is 11.3 Å². The Bertz CT molecular complexity index is 1140. The summed E-state index contributed by atoms with van der Waals surface area (Å²) in [6.45, 7) is 5.57. The van der Waals surface area contributed by atoms with Crippen molar-refractivity contribution in [1.29, 1.82) is 0 Å². The first-order valence-electron chi connectivity index (χ1n) is 9.80. The quantitative estimate of drug-likeness (QED) is 0.293. The largest absolute Gasteiger partial charge is 0.462 e. The minimum Gasteiger partial charge on any atom is -0.462 e. The number of nitrogens with one attached hydrogen (secondary N) is 1. The second-order valence-corrected chi connectivity index (χ2v) is 7.72. The van der Waals surface area contributed by atoms with Gasteiger partial charge in [0.2, 0.25) is 0 Å². The van der Waals surface area contributed by atoms with Crippen LogP contribution in [-0.2, 0) is 11.2 Å². The highest BCUT2D eigenvalue weighted by molar-refractivity contribution is 7.15. The van der Waals surface area contributed by atoms with E-state index < -0.39 is 16.8 Å². The van der Waals surface area contributed by atoms with Crippen molar-refractivity contribution in [3.8, 4) is 11.1 Å². The van der Waals surface area contributed by atoms with Gasteiger partial charge >= 0.3 is 5.97 Å². The molecule has 0 fully saturated rings. The third-order valence-electron chi connectivity index (χ3n) is 4.84. The highest BCUT2D eigenvalue weighted by Gasteiger charge is 2.24. The average Bonchev–Trinajstić information content (AvgIpc) is 3.17. The first-order chi connectivity index (χ1) is 14.8. The summed E-state index contributed by atoms with van der Waals surface area (Å²) in [5.74, 6) is -1.08. The molecule has 2 aromatic carbocycles. The normalized spacial score (nSPS) is 10.5. The number of amides is 1. The van der Waals surface area contributed by atoms with E-state index in [2.05, 4.69) is 12.2 Å². The zero-order valence-electron chi connectivity index (χ0n) is 17.4. The molecule has 1 heterocycles. The van der Waals surface area contributed by atoms with Crippen molar-refractivity contribution in [2.75, 3.05) is 11.9 Å². The minimum atomic E-state index is -0.539. The Kier molecular flexibility index (Phi) is 6.81. The minimum absolute atomic E-state index is 0.134. The summed E-state index contributed by atoms with van der Waals surface area (Å²) in [5, 5.41) is 16.0. The first kappa shape index (κ1) is 22.2. The van der Waals surface area contributed by atoms with Crippen molar-refractivity contribution in [2.24, 2.45) is 0 Å². The molecule has 3 rings (SSSR count). The lowest BCUT2D eigenvalue weighted by molar-refractivity contribution is -0.385. The molecule has 8 heteroatoms. The number of rotatable bonds is 7. The van der Waals surface area contributed by atoms with Crippen LogP contribution in [0.15, 0.2) is 47.8 Å². The molecule has 0 aliphatic carbocycles. The van der Waals surface area contributed by atoms with Gasteiger partial charge in [0.05, 0.1) is 11.5 Å². The molecule has 0 atom stereocenters. The molecule has 1 N–H and O–H groups in total. The molecule has 0 bridgehead atoms. The number of carbonyl (C=O) groups excluding carboxylic acids is 2. The van der Waals surface area contributed by atoms with Crippen LogP contribution in [-0.4, -0.2) is 23.4 Å². The first-order valence-corrected chi connectivity index (χ1v) is 10.7.